The van der Waals surface area contributed by atoms with Crippen LogP contribution in [0.25, 0.3) is 10.9 Å². The maximum atomic E-state index is 12.2. The Balaban J connectivity index is 2.12. The molecule has 0 aliphatic carbocycles. The van der Waals surface area contributed by atoms with Gasteiger partial charge in [0, 0.05) is 30.2 Å². The van der Waals surface area contributed by atoms with Crippen molar-refractivity contribution < 1.29 is 0 Å². The van der Waals surface area contributed by atoms with Gasteiger partial charge < -0.3 is 5.73 Å². The molecule has 0 bridgehead atoms. The lowest BCUT2D eigenvalue weighted by atomic mass is 10.2. The van der Waals surface area contributed by atoms with Crippen LogP contribution in [-0.4, -0.2) is 21.8 Å². The van der Waals surface area contributed by atoms with Crippen molar-refractivity contribution in [3.8, 4) is 0 Å². The van der Waals surface area contributed by atoms with Crippen LogP contribution in [0, 0.1) is 0 Å². The zero-order chi connectivity index (χ0) is 12.5. The largest absolute Gasteiger partial charge is 0.330 e. The van der Waals surface area contributed by atoms with Crippen LogP contribution in [-0.2, 0) is 13.0 Å². The molecule has 18 heavy (non-hydrogen) atoms. The number of nitrogens with two attached hydrogens (primary N) is 1. The quantitative estimate of drug-likeness (QED) is 0.848. The number of benzene rings is 1. The predicted octanol–water partition coefficient (Wildman–Crippen LogP) is 1.39. The summed E-state index contributed by atoms with van der Waals surface area (Å²) in [5.41, 5.74) is 6.41. The van der Waals surface area contributed by atoms with Crippen LogP contribution in [0.3, 0.4) is 0 Å². The molecule has 0 radical (unpaired) electrons. The third kappa shape index (κ3) is 1.93. The number of rotatable bonds is 3. The summed E-state index contributed by atoms with van der Waals surface area (Å²) in [5.74, 6) is 1.81. The first-order chi connectivity index (χ1) is 8.79. The molecule has 94 valence electrons. The van der Waals surface area contributed by atoms with Gasteiger partial charge in [-0.2, -0.15) is 0 Å². The van der Waals surface area contributed by atoms with Crippen LogP contribution < -0.4 is 11.3 Å². The molecule has 2 N–H and O–H groups in total. The van der Waals surface area contributed by atoms with Gasteiger partial charge in [-0.1, -0.05) is 0 Å². The van der Waals surface area contributed by atoms with Gasteiger partial charge in [0.1, 0.15) is 5.82 Å². The van der Waals surface area contributed by atoms with Crippen molar-refractivity contribution in [3.05, 3.63) is 34.4 Å². The van der Waals surface area contributed by atoms with Gasteiger partial charge in [-0.3, -0.25) is 9.36 Å². The molecule has 1 aliphatic rings. The summed E-state index contributed by atoms with van der Waals surface area (Å²) >= 11 is 1.70. The molecular weight excluding hydrogens is 246 g/mol. The molecule has 0 unspecified atom stereocenters. The summed E-state index contributed by atoms with van der Waals surface area (Å²) < 4.78 is 1.80. The van der Waals surface area contributed by atoms with Gasteiger partial charge in [0.05, 0.1) is 10.9 Å². The number of aryl methyl sites for hydroxylation is 1. The maximum absolute atomic E-state index is 12.2. The van der Waals surface area contributed by atoms with Gasteiger partial charge >= 0.3 is 0 Å². The van der Waals surface area contributed by atoms with E-state index in [9.17, 15) is 4.79 Å². The number of hydrogen-bond donors (Lipinski definition) is 1. The Labute approximate surface area is 109 Å². The van der Waals surface area contributed by atoms with Crippen molar-refractivity contribution in [1.29, 1.82) is 0 Å². The van der Waals surface area contributed by atoms with Crippen LogP contribution in [0.2, 0.25) is 0 Å². The Morgan fingerprint density at radius 2 is 2.33 bits per heavy atom. The maximum Gasteiger partial charge on any atom is 0.261 e. The first kappa shape index (κ1) is 11.7. The Kier molecular flexibility index (Phi) is 3.09. The van der Waals surface area contributed by atoms with E-state index >= 15 is 0 Å². The van der Waals surface area contributed by atoms with E-state index in [0.29, 0.717) is 6.54 Å². The van der Waals surface area contributed by atoms with E-state index < -0.39 is 0 Å². The first-order valence-electron chi connectivity index (χ1n) is 6.16. The molecule has 1 aromatic carbocycles. The molecule has 1 aromatic heterocycles. The molecule has 2 heterocycles. The van der Waals surface area contributed by atoms with E-state index in [1.807, 2.05) is 18.2 Å². The fourth-order valence-electron chi connectivity index (χ4n) is 2.33. The highest BCUT2D eigenvalue weighted by Crippen LogP contribution is 2.22. The standard InChI is InChI=1S/C13H15N3OS/c14-5-7-18-9-3-4-10-11(8-9)15-12-2-1-6-16(12)13(10)17/h3-4,8H,1-2,5-7,14H2. The molecule has 0 amide bonds. The van der Waals surface area contributed by atoms with Crippen molar-refractivity contribution in [2.24, 2.45) is 5.73 Å². The fourth-order valence-corrected chi connectivity index (χ4v) is 3.04. The lowest BCUT2D eigenvalue weighted by molar-refractivity contribution is 0.719. The number of hydrogen-bond acceptors (Lipinski definition) is 4. The topological polar surface area (TPSA) is 60.9 Å². The summed E-state index contributed by atoms with van der Waals surface area (Å²) in [6, 6.07) is 5.86. The zero-order valence-electron chi connectivity index (χ0n) is 10.1. The zero-order valence-corrected chi connectivity index (χ0v) is 10.9. The van der Waals surface area contributed by atoms with Crippen molar-refractivity contribution in [1.82, 2.24) is 9.55 Å². The van der Waals surface area contributed by atoms with Crippen LogP contribution in [0.1, 0.15) is 12.2 Å². The highest BCUT2D eigenvalue weighted by Gasteiger charge is 2.15. The lowest BCUT2D eigenvalue weighted by Crippen LogP contribution is -2.20. The second-order valence-corrected chi connectivity index (χ2v) is 5.57. The van der Waals surface area contributed by atoms with Crippen molar-refractivity contribution in [2.45, 2.75) is 24.3 Å². The molecule has 0 fully saturated rings. The average Bonchev–Trinajstić information content (AvgIpc) is 2.84. The third-order valence-corrected chi connectivity index (χ3v) is 4.20. The molecule has 0 saturated heterocycles. The van der Waals surface area contributed by atoms with E-state index in [4.69, 9.17) is 5.73 Å². The molecule has 0 saturated carbocycles. The monoisotopic (exact) mass is 261 g/mol. The number of fused-ring (bicyclic) bond motifs is 2. The Hall–Kier alpha value is -1.33. The fraction of sp³-hybridized carbons (Fsp3) is 0.385. The Bertz CT molecular complexity index is 650. The highest BCUT2D eigenvalue weighted by atomic mass is 32.2. The predicted molar refractivity (Wildman–Crippen MR) is 74.1 cm³/mol. The third-order valence-electron chi connectivity index (χ3n) is 3.17. The summed E-state index contributed by atoms with van der Waals surface area (Å²) in [5, 5.41) is 0.720. The molecular formula is C13H15N3OS. The van der Waals surface area contributed by atoms with Gasteiger partial charge in [-0.15, -0.1) is 11.8 Å². The number of aromatic nitrogens is 2. The minimum atomic E-state index is 0.0999. The van der Waals surface area contributed by atoms with Crippen LogP contribution in [0.5, 0.6) is 0 Å². The molecule has 0 atom stereocenters. The summed E-state index contributed by atoms with van der Waals surface area (Å²) in [4.78, 5) is 18.0. The second kappa shape index (κ2) is 4.74. The van der Waals surface area contributed by atoms with E-state index in [1.54, 1.807) is 16.3 Å². The first-order valence-corrected chi connectivity index (χ1v) is 7.14. The minimum Gasteiger partial charge on any atom is -0.330 e. The van der Waals surface area contributed by atoms with Gasteiger partial charge in [0.25, 0.3) is 5.56 Å². The van der Waals surface area contributed by atoms with E-state index in [2.05, 4.69) is 4.98 Å². The number of nitrogens with zero attached hydrogens (tertiary/aromatic N) is 2. The van der Waals surface area contributed by atoms with Crippen LogP contribution in [0.15, 0.2) is 27.9 Å². The molecule has 5 heteroatoms. The summed E-state index contributed by atoms with van der Waals surface area (Å²) in [6.45, 7) is 1.46. The van der Waals surface area contributed by atoms with Gasteiger partial charge in [-0.25, -0.2) is 4.98 Å². The van der Waals surface area contributed by atoms with Crippen molar-refractivity contribution in [3.63, 3.8) is 0 Å². The average molecular weight is 261 g/mol. The minimum absolute atomic E-state index is 0.0999. The van der Waals surface area contributed by atoms with Crippen LogP contribution in [0.4, 0.5) is 0 Å². The van der Waals surface area contributed by atoms with E-state index in [0.717, 1.165) is 46.8 Å². The highest BCUT2D eigenvalue weighted by molar-refractivity contribution is 7.99. The lowest BCUT2D eigenvalue weighted by Gasteiger charge is -2.06. The molecule has 3 rings (SSSR count). The SMILES string of the molecule is NCCSc1ccc2c(=O)n3c(nc2c1)CCC3. The van der Waals surface area contributed by atoms with Gasteiger partial charge in [0.2, 0.25) is 0 Å². The normalized spacial score (nSPS) is 14.1. The van der Waals surface area contributed by atoms with Crippen molar-refractivity contribution >= 4 is 22.7 Å². The number of thioether (sulfide) groups is 1. The van der Waals surface area contributed by atoms with Gasteiger partial charge in [-0.05, 0) is 24.6 Å². The molecule has 1 aliphatic heterocycles. The second-order valence-electron chi connectivity index (χ2n) is 4.40. The van der Waals surface area contributed by atoms with Gasteiger partial charge in [0.15, 0.2) is 0 Å². The van der Waals surface area contributed by atoms with E-state index in [-0.39, 0.29) is 5.56 Å². The van der Waals surface area contributed by atoms with Crippen LogP contribution >= 0.6 is 11.8 Å². The van der Waals surface area contributed by atoms with Crippen molar-refractivity contribution in [2.75, 3.05) is 12.3 Å². The Morgan fingerprint density at radius 3 is 3.17 bits per heavy atom. The molecule has 0 spiro atoms. The van der Waals surface area contributed by atoms with E-state index in [1.165, 1.54) is 0 Å². The summed E-state index contributed by atoms with van der Waals surface area (Å²) in [7, 11) is 0. The Morgan fingerprint density at radius 1 is 1.44 bits per heavy atom. The summed E-state index contributed by atoms with van der Waals surface area (Å²) in [6.07, 6.45) is 1.93. The molecule has 2 aromatic rings. The smallest absolute Gasteiger partial charge is 0.261 e. The molecule has 4 nitrogen and oxygen atoms in total.